The molecule has 2 fully saturated rings. The van der Waals surface area contributed by atoms with Gasteiger partial charge in [0, 0.05) is 0 Å². The molecule has 2 heterocycles. The van der Waals surface area contributed by atoms with Crippen molar-refractivity contribution in [2.24, 2.45) is 0 Å². The third-order valence-corrected chi connectivity index (χ3v) is 49.9. The first kappa shape index (κ1) is 10.6. The summed E-state index contributed by atoms with van der Waals surface area (Å²) in [4.78, 5) is 0. The van der Waals surface area contributed by atoms with Gasteiger partial charge in [0.05, 0.1) is 0 Å². The van der Waals surface area contributed by atoms with Gasteiger partial charge in [-0.1, -0.05) is 0 Å². The molecule has 2 rings (SSSR count). The van der Waals surface area contributed by atoms with Crippen LogP contribution < -0.4 is 0 Å². The van der Waals surface area contributed by atoms with E-state index in [-0.39, 0.29) is 0 Å². The summed E-state index contributed by atoms with van der Waals surface area (Å²) in [6.07, 6.45) is 0. The normalized spacial score (nSPS) is 47.5. The SMILES string of the molecule is CC1([Te][Te][Te]C2(C)CS2)CS1. The molecule has 0 aromatic rings. The molecule has 0 N–H and O–H groups in total. The number of hydrogen-bond acceptors (Lipinski definition) is 2. The second-order valence-electron chi connectivity index (χ2n) is 3.08. The van der Waals surface area contributed by atoms with Gasteiger partial charge in [-0.2, -0.15) is 0 Å². The first-order chi connectivity index (χ1) is 5.12. The summed E-state index contributed by atoms with van der Waals surface area (Å²) < 4.78 is 1.85. The predicted octanol–water partition coefficient (Wildman–Crippen LogP) is 0.855. The van der Waals surface area contributed by atoms with Crippen molar-refractivity contribution in [3.05, 3.63) is 0 Å². The van der Waals surface area contributed by atoms with Gasteiger partial charge in [-0.05, 0) is 0 Å². The number of thioether (sulfide) groups is 2. The molecular weight excluding hydrogens is 519 g/mol. The van der Waals surface area contributed by atoms with E-state index in [1.54, 1.807) is 0 Å². The van der Waals surface area contributed by atoms with Crippen molar-refractivity contribution < 1.29 is 0 Å². The van der Waals surface area contributed by atoms with Gasteiger partial charge in [0.1, 0.15) is 0 Å². The first-order valence-electron chi connectivity index (χ1n) is 3.43. The summed E-state index contributed by atoms with van der Waals surface area (Å²) in [5, 5.41) is 0. The summed E-state index contributed by atoms with van der Waals surface area (Å²) in [5.41, 5.74) is 0. The third kappa shape index (κ3) is 3.61. The van der Waals surface area contributed by atoms with Crippen LogP contribution in [0.1, 0.15) is 13.8 Å². The molecule has 2 saturated heterocycles. The summed E-state index contributed by atoms with van der Waals surface area (Å²) in [5.74, 6) is 3.05. The maximum absolute atomic E-state index is 2.51. The molecule has 0 bridgehead atoms. The molecule has 2 aliphatic rings. The minimum atomic E-state index is 0.534. The van der Waals surface area contributed by atoms with Crippen LogP contribution in [-0.4, -0.2) is 64.4 Å². The molecule has 0 aromatic carbocycles. The Balaban J connectivity index is 1.60. The summed E-state index contributed by atoms with van der Waals surface area (Å²) >= 11 is 6.18. The van der Waals surface area contributed by atoms with Gasteiger partial charge in [-0.3, -0.25) is 0 Å². The quantitative estimate of drug-likeness (QED) is 0.392. The molecule has 2 atom stereocenters. The molecule has 2 aliphatic heterocycles. The van der Waals surface area contributed by atoms with E-state index < -0.39 is 0 Å². The van der Waals surface area contributed by atoms with Crippen molar-refractivity contribution in [1.29, 1.82) is 0 Å². The zero-order chi connectivity index (χ0) is 7.95. The standard InChI is InChI=1S/C6H10S2Te3/c1-5(3-7-5)9-11-10-6(2)4-8-6/h3-4H2,1-2H3. The molecule has 2 unspecified atom stereocenters. The zero-order valence-corrected chi connectivity index (χ0v) is 15.1. The molecule has 0 aliphatic carbocycles. The van der Waals surface area contributed by atoms with E-state index in [1.807, 2.05) is 0 Å². The monoisotopic (exact) mass is 536 g/mol. The van der Waals surface area contributed by atoms with Crippen LogP contribution in [0.15, 0.2) is 0 Å². The Hall–Kier alpha value is 3.07. The zero-order valence-electron chi connectivity index (χ0n) is 6.46. The van der Waals surface area contributed by atoms with Gasteiger partial charge >= 0.3 is 102 Å². The fraction of sp³-hybridized carbons (Fsp3) is 1.00. The Kier molecular flexibility index (Phi) is 3.76. The van der Waals surface area contributed by atoms with Crippen LogP contribution in [0.4, 0.5) is 0 Å². The van der Waals surface area contributed by atoms with Gasteiger partial charge in [0.2, 0.25) is 0 Å². The van der Waals surface area contributed by atoms with E-state index in [4.69, 9.17) is 0 Å². The molecule has 0 nitrogen and oxygen atoms in total. The van der Waals surface area contributed by atoms with Crippen LogP contribution in [-0.2, 0) is 0 Å². The molecule has 0 aromatic heterocycles. The molecular formula is C6H10S2Te3. The van der Waals surface area contributed by atoms with Crippen molar-refractivity contribution >= 4 is 70.8 Å². The van der Waals surface area contributed by atoms with Crippen LogP contribution in [0.2, 0.25) is 0 Å². The van der Waals surface area contributed by atoms with Crippen LogP contribution in [0.3, 0.4) is 0 Å². The van der Waals surface area contributed by atoms with Crippen LogP contribution in [0, 0.1) is 0 Å². The summed E-state index contributed by atoms with van der Waals surface area (Å²) in [6.45, 7) is 5.03. The van der Waals surface area contributed by atoms with Crippen molar-refractivity contribution in [2.75, 3.05) is 11.5 Å². The van der Waals surface area contributed by atoms with Gasteiger partial charge in [-0.15, -0.1) is 0 Å². The average Bonchev–Trinajstić information content (AvgIpc) is 2.78. The van der Waals surface area contributed by atoms with Crippen LogP contribution in [0.5, 0.6) is 0 Å². The topological polar surface area (TPSA) is 0 Å². The van der Waals surface area contributed by atoms with Crippen molar-refractivity contribution in [1.82, 2.24) is 0 Å². The second kappa shape index (κ2) is 3.91. The van der Waals surface area contributed by atoms with E-state index in [9.17, 15) is 0 Å². The van der Waals surface area contributed by atoms with E-state index in [0.717, 1.165) is 5.59 Å². The Morgan fingerprint density at radius 3 is 1.64 bits per heavy atom. The molecule has 0 radical (unpaired) electrons. The summed E-state index contributed by atoms with van der Waals surface area (Å²) in [6, 6.07) is 0. The molecule has 11 heavy (non-hydrogen) atoms. The Morgan fingerprint density at radius 1 is 1.00 bits per heavy atom. The van der Waals surface area contributed by atoms with Gasteiger partial charge < -0.3 is 0 Å². The molecule has 0 saturated carbocycles. The fourth-order valence-electron chi connectivity index (χ4n) is 0.460. The van der Waals surface area contributed by atoms with Crippen molar-refractivity contribution in [3.8, 4) is 0 Å². The molecule has 5 heteroatoms. The maximum atomic E-state index is 2.51. The number of rotatable bonds is 4. The minimum absolute atomic E-state index is 0.534. The fourth-order valence-corrected chi connectivity index (χ4v) is 80.0. The molecule has 0 spiro atoms. The van der Waals surface area contributed by atoms with Crippen molar-refractivity contribution in [2.45, 2.75) is 19.4 Å². The Morgan fingerprint density at radius 2 is 1.36 bits per heavy atom. The van der Waals surface area contributed by atoms with E-state index >= 15 is 0 Å². The Bertz CT molecular complexity index is 147. The third-order valence-electron chi connectivity index (χ3n) is 1.52. The van der Waals surface area contributed by atoms with E-state index in [2.05, 4.69) is 37.4 Å². The molecule has 64 valence electrons. The van der Waals surface area contributed by atoms with Gasteiger partial charge in [-0.25, -0.2) is 0 Å². The predicted molar refractivity (Wildman–Crippen MR) is 59.0 cm³/mol. The van der Waals surface area contributed by atoms with Crippen LogP contribution >= 0.6 is 23.5 Å². The average molecular weight is 529 g/mol. The first-order valence-corrected chi connectivity index (χ1v) is 22.4. The summed E-state index contributed by atoms with van der Waals surface area (Å²) in [7, 11) is 0. The van der Waals surface area contributed by atoms with Crippen LogP contribution in [0.25, 0.3) is 0 Å². The van der Waals surface area contributed by atoms with Gasteiger partial charge in [0.15, 0.2) is 0 Å². The van der Waals surface area contributed by atoms with E-state index in [0.29, 0.717) is 47.3 Å². The van der Waals surface area contributed by atoms with Crippen molar-refractivity contribution in [3.63, 3.8) is 0 Å². The number of hydrogen-bond donors (Lipinski definition) is 0. The van der Waals surface area contributed by atoms with Gasteiger partial charge in [0.25, 0.3) is 0 Å². The van der Waals surface area contributed by atoms with E-state index in [1.165, 1.54) is 11.5 Å². The second-order valence-corrected chi connectivity index (χ2v) is 40.6. The Labute approximate surface area is 99.8 Å². The molecule has 0 amide bonds.